The van der Waals surface area contributed by atoms with Gasteiger partial charge in [0.1, 0.15) is 15.5 Å². The molecule has 0 N–H and O–H groups in total. The number of nitrogens with zero attached hydrogens (tertiary/aromatic N) is 2. The number of halogens is 4. The summed E-state index contributed by atoms with van der Waals surface area (Å²) in [6, 6.07) is 14.7. The Morgan fingerprint density at radius 3 is 2.25 bits per heavy atom. The third kappa shape index (κ3) is 6.82. The van der Waals surface area contributed by atoms with Gasteiger partial charge in [-0.1, -0.05) is 54.1 Å². The number of alkyl halides is 3. The first-order valence-electron chi connectivity index (χ1n) is 11.0. The van der Waals surface area contributed by atoms with Crippen molar-refractivity contribution in [2.75, 3.05) is 25.6 Å². The van der Waals surface area contributed by atoms with Gasteiger partial charge in [-0.25, -0.2) is 13.2 Å². The van der Waals surface area contributed by atoms with Gasteiger partial charge in [0.2, 0.25) is 5.88 Å². The van der Waals surface area contributed by atoms with E-state index in [4.69, 9.17) is 16.3 Å². The van der Waals surface area contributed by atoms with Gasteiger partial charge >= 0.3 is 12.3 Å². The second-order valence-electron chi connectivity index (χ2n) is 8.50. The summed E-state index contributed by atoms with van der Waals surface area (Å²) in [5.41, 5.74) is 0.0751. The SMILES string of the molecule is Cc1c(-c2ccc(Cl)cc2)c(OC(=O)N(C)CCCS(C)(=O)=O)n(Cc2ccccc2)c1C(F)(F)F. The van der Waals surface area contributed by atoms with Crippen LogP contribution in [0.2, 0.25) is 5.02 Å². The summed E-state index contributed by atoms with van der Waals surface area (Å²) in [5, 5.41) is 0.403. The summed E-state index contributed by atoms with van der Waals surface area (Å²) in [4.78, 5) is 14.1. The molecular weight excluding hydrogens is 517 g/mol. The fourth-order valence-corrected chi connectivity index (χ4v) is 4.66. The number of sulfone groups is 1. The van der Waals surface area contributed by atoms with E-state index in [1.807, 2.05) is 0 Å². The Labute approximate surface area is 213 Å². The lowest BCUT2D eigenvalue weighted by atomic mass is 10.0. The first-order valence-corrected chi connectivity index (χ1v) is 13.4. The molecule has 1 amide bonds. The van der Waals surface area contributed by atoms with Crippen LogP contribution in [0.1, 0.15) is 23.2 Å². The zero-order valence-corrected chi connectivity index (χ0v) is 21.5. The highest BCUT2D eigenvalue weighted by Crippen LogP contribution is 2.45. The minimum Gasteiger partial charge on any atom is -0.392 e. The predicted octanol–water partition coefficient (Wildman–Crippen LogP) is 6.05. The normalized spacial score (nSPS) is 12.0. The molecule has 0 aliphatic rings. The minimum atomic E-state index is -4.73. The van der Waals surface area contributed by atoms with Gasteiger partial charge in [-0.15, -0.1) is 0 Å². The zero-order valence-electron chi connectivity index (χ0n) is 20.0. The van der Waals surface area contributed by atoms with Gasteiger partial charge in [0.25, 0.3) is 0 Å². The summed E-state index contributed by atoms with van der Waals surface area (Å²) in [6.45, 7) is 1.19. The second kappa shape index (κ2) is 11.0. The summed E-state index contributed by atoms with van der Waals surface area (Å²) < 4.78 is 72.3. The van der Waals surface area contributed by atoms with E-state index in [2.05, 4.69) is 0 Å². The van der Waals surface area contributed by atoms with Crippen LogP contribution in [0.25, 0.3) is 11.1 Å². The average Bonchev–Trinajstić information content (AvgIpc) is 3.05. The van der Waals surface area contributed by atoms with Crippen molar-refractivity contribution in [3.8, 4) is 17.0 Å². The van der Waals surface area contributed by atoms with Crippen molar-refractivity contribution in [3.05, 3.63) is 76.4 Å². The largest absolute Gasteiger partial charge is 0.431 e. The van der Waals surface area contributed by atoms with E-state index in [9.17, 15) is 26.4 Å². The maximum Gasteiger partial charge on any atom is 0.431 e. The molecule has 0 aliphatic carbocycles. The van der Waals surface area contributed by atoms with Crippen LogP contribution in [-0.2, 0) is 22.6 Å². The molecule has 3 rings (SSSR count). The quantitative estimate of drug-likeness (QED) is 0.347. The van der Waals surface area contributed by atoms with Gasteiger partial charge in [0, 0.05) is 30.4 Å². The lowest BCUT2D eigenvalue weighted by Gasteiger charge is -2.20. The molecule has 2 aromatic carbocycles. The maximum absolute atomic E-state index is 14.3. The monoisotopic (exact) mass is 542 g/mol. The number of carbonyl (C=O) groups is 1. The smallest absolute Gasteiger partial charge is 0.392 e. The van der Waals surface area contributed by atoms with Crippen LogP contribution < -0.4 is 4.74 Å². The molecule has 1 heterocycles. The Bertz CT molecular complexity index is 1320. The molecule has 0 bridgehead atoms. The van der Waals surface area contributed by atoms with E-state index in [0.29, 0.717) is 16.1 Å². The van der Waals surface area contributed by atoms with E-state index in [0.717, 1.165) is 15.7 Å². The molecule has 0 radical (unpaired) electrons. The van der Waals surface area contributed by atoms with Gasteiger partial charge < -0.3 is 14.2 Å². The number of hydrogen-bond donors (Lipinski definition) is 0. The zero-order chi connectivity index (χ0) is 26.7. The second-order valence-corrected chi connectivity index (χ2v) is 11.2. The van der Waals surface area contributed by atoms with Crippen molar-refractivity contribution in [2.24, 2.45) is 0 Å². The fraction of sp³-hybridized carbons (Fsp3) is 0.320. The summed E-state index contributed by atoms with van der Waals surface area (Å²) >= 11 is 5.98. The van der Waals surface area contributed by atoms with E-state index in [1.165, 1.54) is 14.0 Å². The topological polar surface area (TPSA) is 68.6 Å². The van der Waals surface area contributed by atoms with Crippen molar-refractivity contribution >= 4 is 27.5 Å². The fourth-order valence-electron chi connectivity index (χ4n) is 3.88. The van der Waals surface area contributed by atoms with Crippen molar-refractivity contribution in [2.45, 2.75) is 26.1 Å². The molecule has 11 heteroatoms. The number of aromatic nitrogens is 1. The van der Waals surface area contributed by atoms with E-state index >= 15 is 0 Å². The lowest BCUT2D eigenvalue weighted by Crippen LogP contribution is -2.32. The molecule has 0 saturated heterocycles. The number of ether oxygens (including phenoxy) is 1. The van der Waals surface area contributed by atoms with Crippen molar-refractivity contribution < 1.29 is 31.1 Å². The number of carbonyl (C=O) groups excluding carboxylic acids is 1. The van der Waals surface area contributed by atoms with Crippen LogP contribution in [0.5, 0.6) is 5.88 Å². The summed E-state index contributed by atoms with van der Waals surface area (Å²) in [7, 11) is -1.83. The number of rotatable bonds is 8. The van der Waals surface area contributed by atoms with Crippen molar-refractivity contribution in [1.29, 1.82) is 0 Å². The first-order chi connectivity index (χ1) is 16.8. The number of benzene rings is 2. The first kappa shape index (κ1) is 27.6. The van der Waals surface area contributed by atoms with Gasteiger partial charge in [0.05, 0.1) is 12.3 Å². The van der Waals surface area contributed by atoms with E-state index in [-0.39, 0.29) is 42.3 Å². The predicted molar refractivity (Wildman–Crippen MR) is 133 cm³/mol. The molecule has 0 spiro atoms. The van der Waals surface area contributed by atoms with Crippen LogP contribution in [-0.4, -0.2) is 49.6 Å². The molecule has 194 valence electrons. The Kier molecular flexibility index (Phi) is 8.40. The van der Waals surface area contributed by atoms with Crippen LogP contribution in [0, 0.1) is 6.92 Å². The standard InChI is InChI=1S/C25H26ClF3N2O4S/c1-17-21(19-10-12-20(26)13-11-19)23(35-24(32)30(2)14-7-15-36(3,33)34)31(22(17)25(27,28)29)16-18-8-5-4-6-9-18/h4-6,8-13H,7,14-16H2,1-3H3. The maximum atomic E-state index is 14.3. The van der Waals surface area contributed by atoms with E-state index < -0.39 is 27.8 Å². The average molecular weight is 543 g/mol. The number of amides is 1. The Morgan fingerprint density at radius 1 is 1.08 bits per heavy atom. The highest BCUT2D eigenvalue weighted by atomic mass is 35.5. The van der Waals surface area contributed by atoms with Crippen LogP contribution in [0.15, 0.2) is 54.6 Å². The molecular formula is C25H26ClF3N2O4S. The Hall–Kier alpha value is -2.98. The van der Waals surface area contributed by atoms with Gasteiger partial charge in [-0.2, -0.15) is 13.2 Å². The third-order valence-corrected chi connectivity index (χ3v) is 6.83. The summed E-state index contributed by atoms with van der Waals surface area (Å²) in [6.07, 6.45) is -4.39. The van der Waals surface area contributed by atoms with Crippen LogP contribution in [0.4, 0.5) is 18.0 Å². The molecule has 0 saturated carbocycles. The van der Waals surface area contributed by atoms with Crippen molar-refractivity contribution in [3.63, 3.8) is 0 Å². The highest BCUT2D eigenvalue weighted by Gasteiger charge is 2.41. The lowest BCUT2D eigenvalue weighted by molar-refractivity contribution is -0.144. The summed E-state index contributed by atoms with van der Waals surface area (Å²) in [5.74, 6) is -0.395. The molecule has 36 heavy (non-hydrogen) atoms. The molecule has 0 aliphatic heterocycles. The Balaban J connectivity index is 2.11. The van der Waals surface area contributed by atoms with Crippen molar-refractivity contribution in [1.82, 2.24) is 9.47 Å². The molecule has 3 aromatic rings. The Morgan fingerprint density at radius 2 is 1.69 bits per heavy atom. The molecule has 0 unspecified atom stereocenters. The van der Waals surface area contributed by atoms with Crippen LogP contribution in [0.3, 0.4) is 0 Å². The molecule has 1 aromatic heterocycles. The third-order valence-electron chi connectivity index (χ3n) is 5.55. The van der Waals surface area contributed by atoms with E-state index in [1.54, 1.807) is 54.6 Å². The molecule has 0 fully saturated rings. The highest BCUT2D eigenvalue weighted by molar-refractivity contribution is 7.90. The molecule has 6 nitrogen and oxygen atoms in total. The van der Waals surface area contributed by atoms with Gasteiger partial charge in [-0.05, 0) is 42.2 Å². The van der Waals surface area contributed by atoms with Gasteiger partial charge in [-0.3, -0.25) is 0 Å². The van der Waals surface area contributed by atoms with Gasteiger partial charge in [0.15, 0.2) is 0 Å². The van der Waals surface area contributed by atoms with Crippen LogP contribution >= 0.6 is 11.6 Å². The molecule has 0 atom stereocenters. The minimum absolute atomic E-state index is 0.0483. The number of hydrogen-bond acceptors (Lipinski definition) is 4.